The molecule has 4 heteroatoms. The Kier molecular flexibility index (Phi) is 4.13. The number of rotatable bonds is 2. The highest BCUT2D eigenvalue weighted by Crippen LogP contribution is 2.36. The minimum Gasteiger partial charge on any atom is -0.497 e. The van der Waals surface area contributed by atoms with E-state index in [1.165, 1.54) is 0 Å². The molecule has 0 bridgehead atoms. The Labute approximate surface area is 101 Å². The Balaban J connectivity index is 3.23. The van der Waals surface area contributed by atoms with Gasteiger partial charge < -0.3 is 4.74 Å². The van der Waals surface area contributed by atoms with Crippen molar-refractivity contribution >= 4 is 44.5 Å². The lowest BCUT2D eigenvalue weighted by Crippen LogP contribution is -1.91. The molecule has 0 aromatic heterocycles. The quantitative estimate of drug-likeness (QED) is 0.801. The zero-order valence-electron chi connectivity index (χ0n) is 7.34. The number of hydrogen-bond acceptors (Lipinski definition) is 2. The molecule has 0 fully saturated rings. The molecule has 0 aliphatic heterocycles. The first-order valence-corrected chi connectivity index (χ1v) is 5.87. The molecule has 0 saturated carbocycles. The van der Waals surface area contributed by atoms with E-state index in [1.54, 1.807) is 7.11 Å². The fourth-order valence-electron chi connectivity index (χ4n) is 1.08. The van der Waals surface area contributed by atoms with E-state index in [0.717, 1.165) is 20.3 Å². The first-order valence-electron chi connectivity index (χ1n) is 3.77. The Bertz CT molecular complexity index is 289. The monoisotopic (exact) mass is 324 g/mol. The summed E-state index contributed by atoms with van der Waals surface area (Å²) in [4.78, 5) is 0. The van der Waals surface area contributed by atoms with Crippen LogP contribution in [-0.2, 0) is 0 Å². The molecule has 0 spiro atoms. The highest BCUT2D eigenvalue weighted by Gasteiger charge is 2.11. The fourth-order valence-corrected chi connectivity index (χ4v) is 3.54. The summed E-state index contributed by atoms with van der Waals surface area (Å²) in [5.74, 6) is 0.830. The van der Waals surface area contributed by atoms with Crippen LogP contribution < -0.4 is 4.74 Å². The van der Waals surface area contributed by atoms with Crippen molar-refractivity contribution in [3.05, 3.63) is 26.6 Å². The van der Waals surface area contributed by atoms with Crippen molar-refractivity contribution in [3.63, 3.8) is 0 Å². The van der Waals surface area contributed by atoms with E-state index in [0.29, 0.717) is 0 Å². The lowest BCUT2D eigenvalue weighted by molar-refractivity contribution is 0.414. The molecule has 0 radical (unpaired) electrons. The number of methoxy groups -OCH3 is 1. The molecule has 0 saturated heterocycles. The fraction of sp³-hybridized carbons (Fsp3) is 0.333. The van der Waals surface area contributed by atoms with Crippen LogP contribution >= 0.6 is 44.5 Å². The summed E-state index contributed by atoms with van der Waals surface area (Å²) in [5.41, 5.74) is 1.14. The van der Waals surface area contributed by atoms with Crippen LogP contribution in [0.5, 0.6) is 5.75 Å². The normalized spacial score (nSPS) is 12.7. The topological polar surface area (TPSA) is 9.23 Å². The van der Waals surface area contributed by atoms with Gasteiger partial charge in [0.25, 0.3) is 0 Å². The molecular weight excluding hydrogens is 316 g/mol. The standard InChI is InChI=1S/C9H10Br2OS/c1-5(13)9-7(10)3-6(12-2)4-8(9)11/h3-5,13H,1-2H3. The van der Waals surface area contributed by atoms with Crippen LogP contribution in [-0.4, -0.2) is 7.11 Å². The number of hydrogen-bond donors (Lipinski definition) is 1. The zero-order chi connectivity index (χ0) is 10.0. The molecule has 1 unspecified atom stereocenters. The van der Waals surface area contributed by atoms with E-state index in [4.69, 9.17) is 4.74 Å². The summed E-state index contributed by atoms with van der Waals surface area (Å²) in [6.45, 7) is 2.03. The van der Waals surface area contributed by atoms with Gasteiger partial charge in [-0.15, -0.1) is 0 Å². The van der Waals surface area contributed by atoms with Crippen LogP contribution in [0.4, 0.5) is 0 Å². The number of benzene rings is 1. The van der Waals surface area contributed by atoms with Crippen LogP contribution in [0.25, 0.3) is 0 Å². The average Bonchev–Trinajstić information content (AvgIpc) is 2.02. The maximum Gasteiger partial charge on any atom is 0.121 e. The van der Waals surface area contributed by atoms with Gasteiger partial charge >= 0.3 is 0 Å². The van der Waals surface area contributed by atoms with Crippen molar-refractivity contribution in [2.75, 3.05) is 7.11 Å². The predicted molar refractivity (Wildman–Crippen MR) is 65.8 cm³/mol. The third kappa shape index (κ3) is 2.64. The second-order valence-corrected chi connectivity index (χ2v) is 5.16. The maximum absolute atomic E-state index is 5.13. The van der Waals surface area contributed by atoms with Crippen molar-refractivity contribution in [3.8, 4) is 5.75 Å². The minimum atomic E-state index is 0.189. The summed E-state index contributed by atoms with van der Waals surface area (Å²) >= 11 is 11.4. The molecular formula is C9H10Br2OS. The number of halogens is 2. The van der Waals surface area contributed by atoms with Crippen molar-refractivity contribution < 1.29 is 4.74 Å². The largest absolute Gasteiger partial charge is 0.497 e. The van der Waals surface area contributed by atoms with Gasteiger partial charge in [-0.05, 0) is 24.6 Å². The van der Waals surface area contributed by atoms with Gasteiger partial charge in [0.05, 0.1) is 7.11 Å². The van der Waals surface area contributed by atoms with Crippen LogP contribution in [0.2, 0.25) is 0 Å². The zero-order valence-corrected chi connectivity index (χ0v) is 11.4. The molecule has 0 N–H and O–H groups in total. The Morgan fingerprint density at radius 2 is 1.77 bits per heavy atom. The second kappa shape index (κ2) is 4.71. The Morgan fingerprint density at radius 1 is 1.31 bits per heavy atom. The molecule has 1 aromatic carbocycles. The third-order valence-corrected chi connectivity index (χ3v) is 3.28. The molecule has 13 heavy (non-hydrogen) atoms. The first-order chi connectivity index (χ1) is 6.06. The van der Waals surface area contributed by atoms with Crippen LogP contribution in [0, 0.1) is 0 Å². The van der Waals surface area contributed by atoms with Crippen LogP contribution in [0.3, 0.4) is 0 Å². The molecule has 1 nitrogen and oxygen atoms in total. The molecule has 0 aliphatic rings. The van der Waals surface area contributed by atoms with E-state index >= 15 is 0 Å². The smallest absolute Gasteiger partial charge is 0.121 e. The minimum absolute atomic E-state index is 0.189. The Hall–Kier alpha value is 0.330. The van der Waals surface area contributed by atoms with Crippen LogP contribution in [0.1, 0.15) is 17.7 Å². The average molecular weight is 326 g/mol. The van der Waals surface area contributed by atoms with E-state index in [-0.39, 0.29) is 5.25 Å². The van der Waals surface area contributed by atoms with Crippen molar-refractivity contribution in [2.45, 2.75) is 12.2 Å². The van der Waals surface area contributed by atoms with Gasteiger partial charge in [-0.25, -0.2) is 0 Å². The van der Waals surface area contributed by atoms with Gasteiger partial charge in [-0.1, -0.05) is 31.9 Å². The van der Waals surface area contributed by atoms with E-state index in [9.17, 15) is 0 Å². The lowest BCUT2D eigenvalue weighted by atomic mass is 10.1. The number of ether oxygens (including phenoxy) is 1. The first kappa shape index (κ1) is 11.4. The van der Waals surface area contributed by atoms with Crippen molar-refractivity contribution in [2.24, 2.45) is 0 Å². The predicted octanol–water partition coefficient (Wildman–Crippen LogP) is 4.21. The molecule has 0 amide bonds. The highest BCUT2D eigenvalue weighted by molar-refractivity contribution is 9.11. The van der Waals surface area contributed by atoms with Gasteiger partial charge in [-0.3, -0.25) is 0 Å². The summed E-state index contributed by atoms with van der Waals surface area (Å²) in [7, 11) is 1.65. The molecule has 1 aromatic rings. The summed E-state index contributed by atoms with van der Waals surface area (Å²) in [6.07, 6.45) is 0. The lowest BCUT2D eigenvalue weighted by Gasteiger charge is -2.12. The number of thiol groups is 1. The van der Waals surface area contributed by atoms with Gasteiger partial charge in [-0.2, -0.15) is 12.6 Å². The van der Waals surface area contributed by atoms with Gasteiger partial charge in [0.2, 0.25) is 0 Å². The van der Waals surface area contributed by atoms with Crippen molar-refractivity contribution in [1.82, 2.24) is 0 Å². The Morgan fingerprint density at radius 3 is 2.08 bits per heavy atom. The summed E-state index contributed by atoms with van der Waals surface area (Å²) in [6, 6.07) is 3.87. The summed E-state index contributed by atoms with van der Waals surface area (Å²) < 4.78 is 7.16. The SMILES string of the molecule is COc1cc(Br)c(C(C)S)c(Br)c1. The molecule has 1 atom stereocenters. The second-order valence-electron chi connectivity index (χ2n) is 2.68. The molecule has 1 rings (SSSR count). The van der Waals surface area contributed by atoms with Gasteiger partial charge in [0.1, 0.15) is 5.75 Å². The van der Waals surface area contributed by atoms with Crippen molar-refractivity contribution in [1.29, 1.82) is 0 Å². The van der Waals surface area contributed by atoms with E-state index in [1.807, 2.05) is 19.1 Å². The van der Waals surface area contributed by atoms with Gasteiger partial charge in [0.15, 0.2) is 0 Å². The molecule has 0 heterocycles. The van der Waals surface area contributed by atoms with E-state index in [2.05, 4.69) is 44.5 Å². The maximum atomic E-state index is 5.13. The summed E-state index contributed by atoms with van der Waals surface area (Å²) in [5, 5.41) is 0.189. The van der Waals surface area contributed by atoms with Gasteiger partial charge in [0, 0.05) is 14.2 Å². The molecule has 0 aliphatic carbocycles. The molecule has 72 valence electrons. The highest BCUT2D eigenvalue weighted by atomic mass is 79.9. The third-order valence-electron chi connectivity index (χ3n) is 1.71. The van der Waals surface area contributed by atoms with Crippen LogP contribution in [0.15, 0.2) is 21.1 Å². The van der Waals surface area contributed by atoms with E-state index < -0.39 is 0 Å².